The molecule has 0 rings (SSSR count). The van der Waals surface area contributed by atoms with Crippen molar-refractivity contribution in [3.05, 3.63) is 0 Å². The summed E-state index contributed by atoms with van der Waals surface area (Å²) in [7, 11) is 1.61. The summed E-state index contributed by atoms with van der Waals surface area (Å²) in [5.41, 5.74) is 0. The SMILES string of the molecule is CCOC(=O)CCSC(=O)[C@@H](NC)[C@@H](C)O. The van der Waals surface area contributed by atoms with Crippen LogP contribution in [0.5, 0.6) is 0 Å². The van der Waals surface area contributed by atoms with Crippen molar-refractivity contribution in [3.8, 4) is 0 Å². The fraction of sp³-hybridized carbons (Fsp3) is 0.800. The second kappa shape index (κ2) is 8.55. The molecule has 94 valence electrons. The molecular weight excluding hydrogens is 230 g/mol. The Labute approximate surface area is 99.9 Å². The van der Waals surface area contributed by atoms with E-state index in [0.29, 0.717) is 12.4 Å². The minimum absolute atomic E-state index is 0.165. The fourth-order valence-electron chi connectivity index (χ4n) is 1.11. The predicted octanol–water partition coefficient (Wildman–Crippen LogP) is 0.168. The maximum atomic E-state index is 11.5. The zero-order valence-corrected chi connectivity index (χ0v) is 10.7. The minimum atomic E-state index is -0.743. The number of thioether (sulfide) groups is 1. The van der Waals surface area contributed by atoms with Crippen molar-refractivity contribution >= 4 is 22.8 Å². The highest BCUT2D eigenvalue weighted by Gasteiger charge is 2.21. The zero-order chi connectivity index (χ0) is 12.6. The van der Waals surface area contributed by atoms with Gasteiger partial charge in [-0.25, -0.2) is 0 Å². The molecule has 0 aliphatic carbocycles. The molecule has 0 aliphatic rings. The Hall–Kier alpha value is -0.590. The Morgan fingerprint density at radius 2 is 2.12 bits per heavy atom. The van der Waals surface area contributed by atoms with E-state index in [4.69, 9.17) is 4.74 Å². The van der Waals surface area contributed by atoms with Crippen LogP contribution in [0.25, 0.3) is 0 Å². The highest BCUT2D eigenvalue weighted by molar-refractivity contribution is 8.13. The molecule has 0 aromatic heterocycles. The average molecular weight is 249 g/mol. The Morgan fingerprint density at radius 1 is 1.50 bits per heavy atom. The topological polar surface area (TPSA) is 75.6 Å². The van der Waals surface area contributed by atoms with Gasteiger partial charge in [-0.2, -0.15) is 0 Å². The monoisotopic (exact) mass is 249 g/mol. The minimum Gasteiger partial charge on any atom is -0.466 e. The van der Waals surface area contributed by atoms with Gasteiger partial charge in [-0.1, -0.05) is 11.8 Å². The molecule has 0 heterocycles. The van der Waals surface area contributed by atoms with Gasteiger partial charge < -0.3 is 15.2 Å². The molecule has 2 atom stereocenters. The molecule has 0 saturated carbocycles. The van der Waals surface area contributed by atoms with Crippen LogP contribution in [0.15, 0.2) is 0 Å². The van der Waals surface area contributed by atoms with Crippen LogP contribution in [0, 0.1) is 0 Å². The molecule has 0 spiro atoms. The van der Waals surface area contributed by atoms with Crippen LogP contribution in [0.4, 0.5) is 0 Å². The van der Waals surface area contributed by atoms with Crippen molar-refractivity contribution in [1.82, 2.24) is 5.32 Å². The molecule has 0 aromatic rings. The second-order valence-corrected chi connectivity index (χ2v) is 4.33. The van der Waals surface area contributed by atoms with E-state index >= 15 is 0 Å². The number of hydrogen-bond donors (Lipinski definition) is 2. The van der Waals surface area contributed by atoms with Crippen LogP contribution < -0.4 is 5.32 Å². The Balaban J connectivity index is 3.84. The highest BCUT2D eigenvalue weighted by atomic mass is 32.2. The van der Waals surface area contributed by atoms with E-state index in [-0.39, 0.29) is 17.5 Å². The lowest BCUT2D eigenvalue weighted by molar-refractivity contribution is -0.142. The van der Waals surface area contributed by atoms with Gasteiger partial charge in [0.15, 0.2) is 0 Å². The summed E-state index contributed by atoms with van der Waals surface area (Å²) >= 11 is 1.03. The quantitative estimate of drug-likeness (QED) is 0.626. The first-order chi connectivity index (χ1) is 7.52. The average Bonchev–Trinajstić information content (AvgIpc) is 2.18. The zero-order valence-electron chi connectivity index (χ0n) is 9.86. The lowest BCUT2D eigenvalue weighted by atomic mass is 10.2. The van der Waals surface area contributed by atoms with E-state index in [9.17, 15) is 14.7 Å². The summed E-state index contributed by atoms with van der Waals surface area (Å²) in [4.78, 5) is 22.5. The first-order valence-corrected chi connectivity index (χ1v) is 6.19. The van der Waals surface area contributed by atoms with Crippen LogP contribution in [0.1, 0.15) is 20.3 Å². The third kappa shape index (κ3) is 6.09. The first-order valence-electron chi connectivity index (χ1n) is 5.20. The number of ether oxygens (including phenoxy) is 1. The molecule has 0 aliphatic heterocycles. The normalized spacial score (nSPS) is 14.2. The number of likely N-dealkylation sites (N-methyl/N-ethyl adjacent to an activating group) is 1. The number of esters is 1. The van der Waals surface area contributed by atoms with E-state index in [2.05, 4.69) is 5.32 Å². The lowest BCUT2D eigenvalue weighted by Crippen LogP contribution is -2.41. The molecular formula is C10H19NO4S. The molecule has 0 amide bonds. The first kappa shape index (κ1) is 15.4. The smallest absolute Gasteiger partial charge is 0.306 e. The van der Waals surface area contributed by atoms with Gasteiger partial charge in [-0.3, -0.25) is 9.59 Å². The molecule has 2 N–H and O–H groups in total. The second-order valence-electron chi connectivity index (χ2n) is 3.23. The molecule has 0 unspecified atom stereocenters. The predicted molar refractivity (Wildman–Crippen MR) is 63.2 cm³/mol. The molecule has 6 heteroatoms. The van der Waals surface area contributed by atoms with Crippen molar-refractivity contribution in [2.45, 2.75) is 32.4 Å². The summed E-state index contributed by atoms with van der Waals surface area (Å²) in [5.74, 6) is 0.0728. The van der Waals surface area contributed by atoms with Gasteiger partial charge in [0, 0.05) is 5.75 Å². The Bertz CT molecular complexity index is 233. The molecule has 0 saturated heterocycles. The van der Waals surface area contributed by atoms with Gasteiger partial charge in [0.1, 0.15) is 6.04 Å². The van der Waals surface area contributed by atoms with Gasteiger partial charge in [0.05, 0.1) is 19.1 Å². The Kier molecular flexibility index (Phi) is 8.23. The van der Waals surface area contributed by atoms with E-state index in [1.807, 2.05) is 0 Å². The fourth-order valence-corrected chi connectivity index (χ4v) is 2.08. The van der Waals surface area contributed by atoms with Crippen LogP contribution in [-0.4, -0.2) is 47.7 Å². The molecule has 0 aromatic carbocycles. The lowest BCUT2D eigenvalue weighted by Gasteiger charge is -2.16. The number of aliphatic hydroxyl groups is 1. The van der Waals surface area contributed by atoms with Crippen molar-refractivity contribution in [2.75, 3.05) is 19.4 Å². The Morgan fingerprint density at radius 3 is 2.56 bits per heavy atom. The number of aliphatic hydroxyl groups excluding tert-OH is 1. The largest absolute Gasteiger partial charge is 0.466 e. The van der Waals surface area contributed by atoms with Gasteiger partial charge in [-0.15, -0.1) is 0 Å². The van der Waals surface area contributed by atoms with Crippen LogP contribution >= 0.6 is 11.8 Å². The summed E-state index contributed by atoms with van der Waals surface area (Å²) in [6.07, 6.45) is -0.534. The third-order valence-electron chi connectivity index (χ3n) is 1.90. The van der Waals surface area contributed by atoms with Crippen LogP contribution in [0.3, 0.4) is 0 Å². The summed E-state index contributed by atoms with van der Waals surface area (Å²) in [6.45, 7) is 3.63. The van der Waals surface area contributed by atoms with Crippen molar-refractivity contribution in [2.24, 2.45) is 0 Å². The van der Waals surface area contributed by atoms with Crippen molar-refractivity contribution in [1.29, 1.82) is 0 Å². The van der Waals surface area contributed by atoms with Gasteiger partial charge >= 0.3 is 5.97 Å². The summed E-state index contributed by atoms with van der Waals surface area (Å²) in [6, 6.07) is -0.591. The maximum Gasteiger partial charge on any atom is 0.306 e. The van der Waals surface area contributed by atoms with Gasteiger partial charge in [0.2, 0.25) is 5.12 Å². The number of nitrogens with one attached hydrogen (secondary N) is 1. The molecule has 16 heavy (non-hydrogen) atoms. The number of carbonyl (C=O) groups excluding carboxylic acids is 2. The van der Waals surface area contributed by atoms with Crippen LogP contribution in [0.2, 0.25) is 0 Å². The van der Waals surface area contributed by atoms with Crippen molar-refractivity contribution < 1.29 is 19.4 Å². The van der Waals surface area contributed by atoms with Crippen molar-refractivity contribution in [3.63, 3.8) is 0 Å². The highest BCUT2D eigenvalue weighted by Crippen LogP contribution is 2.10. The number of carbonyl (C=O) groups is 2. The maximum absolute atomic E-state index is 11.5. The molecule has 0 fully saturated rings. The van der Waals surface area contributed by atoms with E-state index < -0.39 is 12.1 Å². The number of rotatable bonds is 7. The third-order valence-corrected chi connectivity index (χ3v) is 2.85. The summed E-state index contributed by atoms with van der Waals surface area (Å²) in [5, 5.41) is 11.8. The van der Waals surface area contributed by atoms with E-state index in [1.54, 1.807) is 20.9 Å². The number of hydrogen-bond acceptors (Lipinski definition) is 6. The van der Waals surface area contributed by atoms with Gasteiger partial charge in [0.25, 0.3) is 0 Å². The molecule has 0 radical (unpaired) electrons. The molecule has 5 nitrogen and oxygen atoms in total. The summed E-state index contributed by atoms with van der Waals surface area (Å²) < 4.78 is 4.73. The van der Waals surface area contributed by atoms with E-state index in [0.717, 1.165) is 11.8 Å². The van der Waals surface area contributed by atoms with Gasteiger partial charge in [-0.05, 0) is 20.9 Å². The standard InChI is InChI=1S/C10H19NO4S/c1-4-15-8(13)5-6-16-10(14)9(11-3)7(2)12/h7,9,11-12H,4-6H2,1-3H3/t7-,9+/m1/s1. The molecule has 0 bridgehead atoms. The van der Waals surface area contributed by atoms with Crippen LogP contribution in [-0.2, 0) is 14.3 Å². The van der Waals surface area contributed by atoms with E-state index in [1.165, 1.54) is 0 Å².